The predicted molar refractivity (Wildman–Crippen MR) is 161 cm³/mol. The number of carbonyl (C=O) groups is 2. The van der Waals surface area contributed by atoms with Crippen LogP contribution in [0.2, 0.25) is 0 Å². The quantitative estimate of drug-likeness (QED) is 0.260. The van der Waals surface area contributed by atoms with Gasteiger partial charge < -0.3 is 33.6 Å². The number of tetrazole rings is 1. The van der Waals surface area contributed by atoms with Crippen LogP contribution in [-0.4, -0.2) is 64.0 Å². The molecule has 45 heavy (non-hydrogen) atoms. The number of amides is 2. The van der Waals surface area contributed by atoms with E-state index < -0.39 is 11.9 Å². The first-order valence-corrected chi connectivity index (χ1v) is 15.0. The number of aromatic nitrogens is 4. The molecule has 2 amide bonds. The maximum Gasteiger partial charge on any atom is 0.250 e. The summed E-state index contributed by atoms with van der Waals surface area (Å²) in [5.41, 5.74) is 1.39. The van der Waals surface area contributed by atoms with Crippen molar-refractivity contribution in [2.75, 3.05) is 21.0 Å². The molecule has 0 unspecified atom stereocenters. The molecule has 4 aromatic rings. The van der Waals surface area contributed by atoms with Crippen LogP contribution in [0.15, 0.2) is 52.9 Å². The molecule has 3 heterocycles. The lowest BCUT2D eigenvalue weighted by Crippen LogP contribution is -2.47. The van der Waals surface area contributed by atoms with Gasteiger partial charge in [0.2, 0.25) is 18.5 Å². The van der Waals surface area contributed by atoms with Crippen molar-refractivity contribution in [3.8, 4) is 34.4 Å². The van der Waals surface area contributed by atoms with Gasteiger partial charge in [-0.2, -0.15) is 4.80 Å². The summed E-state index contributed by atoms with van der Waals surface area (Å²) in [6, 6.07) is 13.2. The highest BCUT2D eigenvalue weighted by Crippen LogP contribution is 2.35. The second-order valence-electron chi connectivity index (χ2n) is 11.1. The minimum Gasteiger partial charge on any atom is -0.493 e. The Morgan fingerprint density at radius 2 is 1.80 bits per heavy atom. The van der Waals surface area contributed by atoms with Gasteiger partial charge in [-0.05, 0) is 73.0 Å². The number of carbonyl (C=O) groups excluding carboxylic acids is 2. The van der Waals surface area contributed by atoms with Gasteiger partial charge in [0.05, 0.1) is 14.2 Å². The van der Waals surface area contributed by atoms with E-state index in [0.29, 0.717) is 45.9 Å². The molecule has 0 saturated heterocycles. The Morgan fingerprint density at radius 1 is 1.00 bits per heavy atom. The molecule has 236 valence electrons. The summed E-state index contributed by atoms with van der Waals surface area (Å²) in [7, 11) is 3.10. The molecule has 1 atom stereocenters. The van der Waals surface area contributed by atoms with Gasteiger partial charge in [-0.25, -0.2) is 0 Å². The Bertz CT molecular complexity index is 1660. The first-order valence-electron chi connectivity index (χ1n) is 15.0. The van der Waals surface area contributed by atoms with Crippen LogP contribution in [-0.2, 0) is 22.7 Å². The molecule has 1 saturated carbocycles. The van der Waals surface area contributed by atoms with E-state index in [-0.39, 0.29) is 31.8 Å². The highest BCUT2D eigenvalue weighted by atomic mass is 16.7. The van der Waals surface area contributed by atoms with Gasteiger partial charge in [0.25, 0.3) is 5.91 Å². The number of aryl methyl sites for hydroxylation is 1. The fraction of sp³-hybridized carbons (Fsp3) is 0.406. The number of hydrogen-bond acceptors (Lipinski definition) is 10. The summed E-state index contributed by atoms with van der Waals surface area (Å²) >= 11 is 0. The highest BCUT2D eigenvalue weighted by Gasteiger charge is 2.36. The van der Waals surface area contributed by atoms with E-state index >= 15 is 0 Å². The maximum absolute atomic E-state index is 14.2. The number of hydrogen-bond donors (Lipinski definition) is 1. The van der Waals surface area contributed by atoms with E-state index in [1.807, 2.05) is 12.1 Å². The fourth-order valence-electron chi connectivity index (χ4n) is 5.72. The topological polar surface area (TPSA) is 143 Å². The molecule has 1 aliphatic heterocycles. The van der Waals surface area contributed by atoms with Crippen LogP contribution in [0.3, 0.4) is 0 Å². The summed E-state index contributed by atoms with van der Waals surface area (Å²) < 4.78 is 27.7. The summed E-state index contributed by atoms with van der Waals surface area (Å²) in [6.45, 7) is 1.76. The molecule has 2 aromatic carbocycles. The molecular formula is C32H36N6O7. The van der Waals surface area contributed by atoms with Gasteiger partial charge in [0.15, 0.2) is 29.0 Å². The SMILES string of the molecule is COc1ccc(-c2nnn(CC(=O)N(Cc3ccc4c(c3)OCO4)[C@H](C(=O)NC3CCCCC3)c3ccc(C)o3)n2)cc1OC. The van der Waals surface area contributed by atoms with Crippen LogP contribution in [0.1, 0.15) is 55.2 Å². The van der Waals surface area contributed by atoms with E-state index in [2.05, 4.69) is 20.7 Å². The third-order valence-corrected chi connectivity index (χ3v) is 8.02. The van der Waals surface area contributed by atoms with E-state index in [0.717, 1.165) is 37.7 Å². The third kappa shape index (κ3) is 6.71. The minimum absolute atomic E-state index is 0.0355. The first kappa shape index (κ1) is 30.0. The number of furan rings is 1. The molecular weight excluding hydrogens is 580 g/mol. The van der Waals surface area contributed by atoms with Gasteiger partial charge >= 0.3 is 0 Å². The van der Waals surface area contributed by atoms with Crippen molar-refractivity contribution >= 4 is 11.8 Å². The molecule has 0 bridgehead atoms. The maximum atomic E-state index is 14.2. The summed E-state index contributed by atoms with van der Waals surface area (Å²) in [6.07, 6.45) is 5.05. The predicted octanol–water partition coefficient (Wildman–Crippen LogP) is 4.21. The van der Waals surface area contributed by atoms with Gasteiger partial charge in [0, 0.05) is 18.2 Å². The first-order chi connectivity index (χ1) is 21.9. The van der Waals surface area contributed by atoms with Crippen molar-refractivity contribution in [3.63, 3.8) is 0 Å². The molecule has 1 fully saturated rings. The van der Waals surface area contributed by atoms with Crippen LogP contribution in [0.5, 0.6) is 23.0 Å². The van der Waals surface area contributed by atoms with E-state index in [9.17, 15) is 9.59 Å². The van der Waals surface area contributed by atoms with Gasteiger partial charge in [-0.15, -0.1) is 10.2 Å². The Labute approximate surface area is 260 Å². The number of benzene rings is 2. The van der Waals surface area contributed by atoms with Crippen LogP contribution in [0.25, 0.3) is 11.4 Å². The van der Waals surface area contributed by atoms with Crippen molar-refractivity contribution in [1.29, 1.82) is 0 Å². The lowest BCUT2D eigenvalue weighted by atomic mass is 9.95. The molecule has 13 nitrogen and oxygen atoms in total. The second-order valence-corrected chi connectivity index (χ2v) is 11.1. The van der Waals surface area contributed by atoms with Crippen molar-refractivity contribution in [1.82, 2.24) is 30.4 Å². The molecule has 6 rings (SSSR count). The van der Waals surface area contributed by atoms with E-state index in [4.69, 9.17) is 23.4 Å². The zero-order valence-electron chi connectivity index (χ0n) is 25.5. The Kier molecular flexibility index (Phi) is 8.85. The number of rotatable bonds is 11. The van der Waals surface area contributed by atoms with Gasteiger partial charge in [-0.1, -0.05) is 25.3 Å². The highest BCUT2D eigenvalue weighted by molar-refractivity contribution is 5.88. The van der Waals surface area contributed by atoms with Crippen molar-refractivity contribution in [3.05, 3.63) is 65.6 Å². The zero-order valence-corrected chi connectivity index (χ0v) is 25.5. The summed E-state index contributed by atoms with van der Waals surface area (Å²) in [5, 5.41) is 15.9. The van der Waals surface area contributed by atoms with Crippen molar-refractivity contribution in [2.24, 2.45) is 0 Å². The molecule has 2 aromatic heterocycles. The Balaban J connectivity index is 1.31. The lowest BCUT2D eigenvalue weighted by molar-refractivity contribution is -0.143. The third-order valence-electron chi connectivity index (χ3n) is 8.02. The fourth-order valence-corrected chi connectivity index (χ4v) is 5.72. The van der Waals surface area contributed by atoms with Crippen LogP contribution < -0.4 is 24.3 Å². The number of nitrogens with zero attached hydrogens (tertiary/aromatic N) is 5. The monoisotopic (exact) mass is 616 g/mol. The standard InChI is InChI=1S/C32H36N6O7/c1-20-9-12-26(45-20)30(32(40)33-23-7-5-4-6-8-23)37(17-21-10-13-25-28(15-21)44-19-43-25)29(39)18-38-35-31(34-36-38)22-11-14-24(41-2)27(16-22)42-3/h9-16,23,30H,4-8,17-19H2,1-3H3,(H,33,40)/t30-/m0/s1. The van der Waals surface area contributed by atoms with Crippen LogP contribution >= 0.6 is 0 Å². The molecule has 13 heteroatoms. The zero-order chi connectivity index (χ0) is 31.3. The van der Waals surface area contributed by atoms with Gasteiger partial charge in [0.1, 0.15) is 18.1 Å². The largest absolute Gasteiger partial charge is 0.493 e. The molecule has 2 aliphatic rings. The number of ether oxygens (including phenoxy) is 4. The Morgan fingerprint density at radius 3 is 2.56 bits per heavy atom. The molecule has 0 radical (unpaired) electrons. The number of methoxy groups -OCH3 is 2. The Hall–Kier alpha value is -5.07. The smallest absolute Gasteiger partial charge is 0.250 e. The second kappa shape index (κ2) is 13.3. The number of nitrogens with one attached hydrogen (secondary N) is 1. The average molecular weight is 617 g/mol. The van der Waals surface area contributed by atoms with E-state index in [1.165, 1.54) is 9.70 Å². The van der Waals surface area contributed by atoms with E-state index in [1.54, 1.807) is 57.5 Å². The van der Waals surface area contributed by atoms with Crippen LogP contribution in [0, 0.1) is 6.92 Å². The summed E-state index contributed by atoms with van der Waals surface area (Å²) in [5.74, 6) is 2.88. The molecule has 1 N–H and O–H groups in total. The molecule has 1 aliphatic carbocycles. The van der Waals surface area contributed by atoms with Crippen molar-refractivity contribution < 1.29 is 33.0 Å². The van der Waals surface area contributed by atoms with Crippen molar-refractivity contribution in [2.45, 2.75) is 64.2 Å². The number of fused-ring (bicyclic) bond motifs is 1. The lowest BCUT2D eigenvalue weighted by Gasteiger charge is -2.32. The summed E-state index contributed by atoms with van der Waals surface area (Å²) in [4.78, 5) is 30.9. The van der Waals surface area contributed by atoms with Gasteiger partial charge in [-0.3, -0.25) is 9.59 Å². The minimum atomic E-state index is -1.03. The average Bonchev–Trinajstić information content (AvgIpc) is 3.82. The van der Waals surface area contributed by atoms with Crippen LogP contribution in [0.4, 0.5) is 0 Å². The molecule has 0 spiro atoms. The normalized spacial score (nSPS) is 15.0.